The van der Waals surface area contributed by atoms with Gasteiger partial charge in [0.15, 0.2) is 0 Å². The van der Waals surface area contributed by atoms with E-state index in [-0.39, 0.29) is 23.3 Å². The summed E-state index contributed by atoms with van der Waals surface area (Å²) in [5.41, 5.74) is 0.0307. The van der Waals surface area contributed by atoms with Crippen molar-refractivity contribution in [3.8, 4) is 0 Å². The van der Waals surface area contributed by atoms with Crippen molar-refractivity contribution in [2.45, 2.75) is 59.4 Å². The van der Waals surface area contributed by atoms with E-state index < -0.39 is 0 Å². The van der Waals surface area contributed by atoms with Crippen molar-refractivity contribution >= 4 is 11.8 Å². The Bertz CT molecular complexity index is 299. The molecule has 2 amide bonds. The normalized spacial score (nSPS) is 17.7. The lowest BCUT2D eigenvalue weighted by atomic mass is 9.91. The molecule has 18 heavy (non-hydrogen) atoms. The largest absolute Gasteiger partial charge is 0.353 e. The highest BCUT2D eigenvalue weighted by molar-refractivity contribution is 5.77. The first kappa shape index (κ1) is 15.0. The average molecular weight is 254 g/mol. The second-order valence-electron chi connectivity index (χ2n) is 6.31. The number of hydrogen-bond acceptors (Lipinski definition) is 2. The van der Waals surface area contributed by atoms with Crippen LogP contribution in [0, 0.1) is 5.41 Å². The number of rotatable bonds is 3. The number of carbonyl (C=O) groups is 2. The minimum absolute atomic E-state index is 0.0307. The van der Waals surface area contributed by atoms with Crippen molar-refractivity contribution < 1.29 is 9.59 Å². The fourth-order valence-corrected chi connectivity index (χ4v) is 2.26. The maximum atomic E-state index is 11.8. The summed E-state index contributed by atoms with van der Waals surface area (Å²) in [5, 5.41) is 3.08. The molecule has 0 aromatic heterocycles. The summed E-state index contributed by atoms with van der Waals surface area (Å²) in [6, 6.07) is 0.237. The van der Waals surface area contributed by atoms with Crippen LogP contribution in [0.15, 0.2) is 0 Å². The highest BCUT2D eigenvalue weighted by Gasteiger charge is 2.24. The molecule has 0 atom stereocenters. The number of hydrogen-bond donors (Lipinski definition) is 1. The van der Waals surface area contributed by atoms with Gasteiger partial charge in [-0.3, -0.25) is 9.59 Å². The van der Waals surface area contributed by atoms with Crippen molar-refractivity contribution in [3.05, 3.63) is 0 Å². The molecular formula is C14H26N2O2. The Balaban J connectivity index is 2.31. The molecule has 0 spiro atoms. The molecule has 1 aliphatic rings. The zero-order valence-electron chi connectivity index (χ0n) is 12.1. The summed E-state index contributed by atoms with van der Waals surface area (Å²) in [6.45, 7) is 9.62. The van der Waals surface area contributed by atoms with Crippen LogP contribution in [0.5, 0.6) is 0 Å². The second-order valence-corrected chi connectivity index (χ2v) is 6.31. The fourth-order valence-electron chi connectivity index (χ4n) is 2.26. The zero-order chi connectivity index (χ0) is 13.8. The molecule has 0 bridgehead atoms. The van der Waals surface area contributed by atoms with Crippen LogP contribution in [0.2, 0.25) is 0 Å². The van der Waals surface area contributed by atoms with Gasteiger partial charge in [-0.05, 0) is 18.3 Å². The highest BCUT2D eigenvalue weighted by atomic mass is 16.2. The minimum Gasteiger partial charge on any atom is -0.353 e. The van der Waals surface area contributed by atoms with Crippen LogP contribution >= 0.6 is 0 Å². The van der Waals surface area contributed by atoms with Gasteiger partial charge in [-0.1, -0.05) is 27.7 Å². The van der Waals surface area contributed by atoms with Crippen LogP contribution in [0.4, 0.5) is 0 Å². The first-order valence-electron chi connectivity index (χ1n) is 6.89. The van der Waals surface area contributed by atoms with E-state index in [1.54, 1.807) is 0 Å². The molecule has 1 rings (SSSR count). The van der Waals surface area contributed by atoms with Gasteiger partial charge in [0.05, 0.1) is 0 Å². The molecule has 4 heteroatoms. The molecule has 4 nitrogen and oxygen atoms in total. The standard InChI is InChI=1S/C14H26N2O2/c1-5-13(18)16-8-6-11(7-9-16)15-12(17)10-14(2,3)4/h11H,5-10H2,1-4H3,(H,15,17). The zero-order valence-corrected chi connectivity index (χ0v) is 12.1. The molecule has 0 aromatic rings. The van der Waals surface area contributed by atoms with Crippen molar-refractivity contribution in [3.63, 3.8) is 0 Å². The van der Waals surface area contributed by atoms with Gasteiger partial charge < -0.3 is 10.2 Å². The Morgan fingerprint density at radius 2 is 1.78 bits per heavy atom. The van der Waals surface area contributed by atoms with Crippen LogP contribution in [-0.4, -0.2) is 35.8 Å². The van der Waals surface area contributed by atoms with Crippen LogP contribution in [0.3, 0.4) is 0 Å². The third-order valence-electron chi connectivity index (χ3n) is 3.21. The molecule has 0 saturated carbocycles. The maximum absolute atomic E-state index is 11.8. The Morgan fingerprint density at radius 1 is 1.22 bits per heavy atom. The Labute approximate surface area is 110 Å². The molecule has 0 aliphatic carbocycles. The van der Waals surface area contributed by atoms with Gasteiger partial charge in [0.2, 0.25) is 11.8 Å². The molecule has 1 aliphatic heterocycles. The van der Waals surface area contributed by atoms with E-state index in [4.69, 9.17) is 0 Å². The predicted octanol–water partition coefficient (Wildman–Crippen LogP) is 1.94. The Kier molecular flexibility index (Phi) is 5.17. The molecule has 0 radical (unpaired) electrons. The van der Waals surface area contributed by atoms with E-state index in [1.807, 2.05) is 11.8 Å². The summed E-state index contributed by atoms with van der Waals surface area (Å²) >= 11 is 0. The van der Waals surface area contributed by atoms with Crippen LogP contribution < -0.4 is 5.32 Å². The lowest BCUT2D eigenvalue weighted by Gasteiger charge is -2.32. The molecule has 0 aromatic carbocycles. The summed E-state index contributed by atoms with van der Waals surface area (Å²) in [7, 11) is 0. The van der Waals surface area contributed by atoms with E-state index in [9.17, 15) is 9.59 Å². The topological polar surface area (TPSA) is 49.4 Å². The minimum atomic E-state index is 0.0307. The van der Waals surface area contributed by atoms with Gasteiger partial charge in [0.1, 0.15) is 0 Å². The third kappa shape index (κ3) is 5.07. The first-order valence-corrected chi connectivity index (χ1v) is 6.89. The fraction of sp³-hybridized carbons (Fsp3) is 0.857. The summed E-state index contributed by atoms with van der Waals surface area (Å²) < 4.78 is 0. The average Bonchev–Trinajstić information content (AvgIpc) is 2.26. The first-order chi connectivity index (χ1) is 8.31. The lowest BCUT2D eigenvalue weighted by molar-refractivity contribution is -0.132. The quantitative estimate of drug-likeness (QED) is 0.836. The highest BCUT2D eigenvalue weighted by Crippen LogP contribution is 2.19. The SMILES string of the molecule is CCC(=O)N1CCC(NC(=O)CC(C)(C)C)CC1. The number of nitrogens with one attached hydrogen (secondary N) is 1. The van der Waals surface area contributed by atoms with Gasteiger partial charge in [-0.25, -0.2) is 0 Å². The van der Waals surface area contributed by atoms with Crippen molar-refractivity contribution in [2.75, 3.05) is 13.1 Å². The molecule has 1 N–H and O–H groups in total. The number of likely N-dealkylation sites (tertiary alicyclic amines) is 1. The van der Waals surface area contributed by atoms with Crippen LogP contribution in [-0.2, 0) is 9.59 Å². The number of piperidine rings is 1. The molecule has 1 fully saturated rings. The van der Waals surface area contributed by atoms with Gasteiger partial charge in [0, 0.05) is 32.0 Å². The van der Waals surface area contributed by atoms with E-state index in [0.29, 0.717) is 12.8 Å². The summed E-state index contributed by atoms with van der Waals surface area (Å²) in [4.78, 5) is 25.2. The van der Waals surface area contributed by atoms with Gasteiger partial charge in [-0.15, -0.1) is 0 Å². The lowest BCUT2D eigenvalue weighted by Crippen LogP contribution is -2.46. The van der Waals surface area contributed by atoms with Gasteiger partial charge in [0.25, 0.3) is 0 Å². The van der Waals surface area contributed by atoms with Gasteiger partial charge >= 0.3 is 0 Å². The van der Waals surface area contributed by atoms with Crippen molar-refractivity contribution in [2.24, 2.45) is 5.41 Å². The van der Waals surface area contributed by atoms with E-state index in [1.165, 1.54) is 0 Å². The van der Waals surface area contributed by atoms with Gasteiger partial charge in [-0.2, -0.15) is 0 Å². The van der Waals surface area contributed by atoms with E-state index in [2.05, 4.69) is 26.1 Å². The monoisotopic (exact) mass is 254 g/mol. The Morgan fingerprint density at radius 3 is 2.22 bits per heavy atom. The molecule has 1 saturated heterocycles. The van der Waals surface area contributed by atoms with E-state index in [0.717, 1.165) is 25.9 Å². The molecular weight excluding hydrogens is 228 g/mol. The van der Waals surface area contributed by atoms with Crippen molar-refractivity contribution in [1.29, 1.82) is 0 Å². The third-order valence-corrected chi connectivity index (χ3v) is 3.21. The number of amides is 2. The number of carbonyl (C=O) groups excluding carboxylic acids is 2. The van der Waals surface area contributed by atoms with Crippen molar-refractivity contribution in [1.82, 2.24) is 10.2 Å². The van der Waals surface area contributed by atoms with Crippen LogP contribution in [0.25, 0.3) is 0 Å². The molecule has 104 valence electrons. The number of nitrogens with zero attached hydrogens (tertiary/aromatic N) is 1. The maximum Gasteiger partial charge on any atom is 0.222 e. The van der Waals surface area contributed by atoms with Crippen LogP contribution in [0.1, 0.15) is 53.4 Å². The smallest absolute Gasteiger partial charge is 0.222 e. The summed E-state index contributed by atoms with van der Waals surface area (Å²) in [6.07, 6.45) is 2.88. The second kappa shape index (κ2) is 6.21. The Hall–Kier alpha value is -1.06. The summed E-state index contributed by atoms with van der Waals surface area (Å²) in [5.74, 6) is 0.345. The predicted molar refractivity (Wildman–Crippen MR) is 72.1 cm³/mol. The molecule has 1 heterocycles. The molecule has 0 unspecified atom stereocenters. The van der Waals surface area contributed by atoms with E-state index >= 15 is 0 Å².